The first-order valence-corrected chi connectivity index (χ1v) is 6.84. The number of hydrogen-bond acceptors (Lipinski definition) is 4. The Morgan fingerprint density at radius 1 is 1.15 bits per heavy atom. The third kappa shape index (κ3) is 1.45. The quantitative estimate of drug-likeness (QED) is 0.679. The Morgan fingerprint density at radius 3 is 2.45 bits per heavy atom. The Labute approximate surface area is 120 Å². The van der Waals surface area contributed by atoms with E-state index in [4.69, 9.17) is 4.42 Å². The lowest BCUT2D eigenvalue weighted by atomic mass is 9.77. The lowest BCUT2D eigenvalue weighted by Gasteiger charge is -2.52. The van der Waals surface area contributed by atoms with Crippen LogP contribution in [0.2, 0.25) is 0 Å². The molecule has 3 atom stereocenters. The molecule has 0 aliphatic carbocycles. The maximum Gasteiger partial charge on any atom is 0.191 e. The normalized spacial score (nSPS) is 29.6. The van der Waals surface area contributed by atoms with Crippen molar-refractivity contribution in [1.82, 2.24) is 14.8 Å². The molecule has 0 bridgehead atoms. The molecule has 3 rings (SSSR count). The maximum atomic E-state index is 5.88. The van der Waals surface area contributed by atoms with Gasteiger partial charge in [-0.05, 0) is 0 Å². The van der Waals surface area contributed by atoms with E-state index in [-0.39, 0.29) is 18.0 Å². The van der Waals surface area contributed by atoms with Crippen LogP contribution in [0.3, 0.4) is 0 Å². The SMILES string of the molecule is C=C1C(C)C(=C)N(C)C2C1c1oc(C)nc1C(=C)N2C. The minimum atomic E-state index is 0.104. The van der Waals surface area contributed by atoms with Crippen molar-refractivity contribution < 1.29 is 4.42 Å². The van der Waals surface area contributed by atoms with Gasteiger partial charge in [0.05, 0.1) is 11.6 Å². The van der Waals surface area contributed by atoms with E-state index in [1.54, 1.807) is 0 Å². The van der Waals surface area contributed by atoms with E-state index in [0.717, 1.165) is 28.4 Å². The second kappa shape index (κ2) is 4.01. The van der Waals surface area contributed by atoms with Crippen molar-refractivity contribution in [3.63, 3.8) is 0 Å². The number of fused-ring (bicyclic) bond motifs is 3. The van der Waals surface area contributed by atoms with E-state index in [9.17, 15) is 0 Å². The predicted octanol–water partition coefficient (Wildman–Crippen LogP) is 2.96. The van der Waals surface area contributed by atoms with Gasteiger partial charge < -0.3 is 14.2 Å². The lowest BCUT2D eigenvalue weighted by Crippen LogP contribution is -2.54. The standard InChI is InChI=1S/C16H21N3O/c1-8-9(2)13-15-14(17-12(5)20-15)11(4)19(7)16(13)18(6)10(8)3/h8,13,16H,2-4H2,1,5-7H3. The van der Waals surface area contributed by atoms with Crippen LogP contribution in [-0.4, -0.2) is 35.0 Å². The van der Waals surface area contributed by atoms with E-state index in [2.05, 4.69) is 48.5 Å². The molecule has 4 nitrogen and oxygen atoms in total. The summed E-state index contributed by atoms with van der Waals surface area (Å²) in [5, 5.41) is 0. The van der Waals surface area contributed by atoms with Crippen LogP contribution >= 0.6 is 0 Å². The molecule has 2 aliphatic heterocycles. The summed E-state index contributed by atoms with van der Waals surface area (Å²) >= 11 is 0. The van der Waals surface area contributed by atoms with Gasteiger partial charge in [-0.1, -0.05) is 32.2 Å². The van der Waals surface area contributed by atoms with Gasteiger partial charge in [0.25, 0.3) is 0 Å². The smallest absolute Gasteiger partial charge is 0.191 e. The van der Waals surface area contributed by atoms with E-state index < -0.39 is 0 Å². The molecule has 3 heterocycles. The highest BCUT2D eigenvalue weighted by Gasteiger charge is 2.47. The number of likely N-dealkylation sites (tertiary alicyclic amines) is 1. The first-order chi connectivity index (χ1) is 9.34. The largest absolute Gasteiger partial charge is 0.444 e. The van der Waals surface area contributed by atoms with Crippen LogP contribution in [0.25, 0.3) is 5.70 Å². The fraction of sp³-hybridized carbons (Fsp3) is 0.438. The Kier molecular flexibility index (Phi) is 2.61. The number of aryl methyl sites for hydroxylation is 1. The fourth-order valence-corrected chi connectivity index (χ4v) is 3.35. The molecule has 0 amide bonds. The number of piperidine rings is 1. The molecule has 4 heteroatoms. The minimum Gasteiger partial charge on any atom is -0.444 e. The third-order valence-electron chi connectivity index (χ3n) is 4.74. The van der Waals surface area contributed by atoms with Crippen LogP contribution in [0.4, 0.5) is 0 Å². The first kappa shape index (κ1) is 13.0. The third-order valence-corrected chi connectivity index (χ3v) is 4.74. The molecular weight excluding hydrogens is 250 g/mol. The van der Waals surface area contributed by atoms with Crippen LogP contribution in [-0.2, 0) is 0 Å². The summed E-state index contributed by atoms with van der Waals surface area (Å²) in [7, 11) is 4.11. The number of aromatic nitrogens is 1. The molecule has 1 aromatic rings. The molecule has 0 N–H and O–H groups in total. The Hall–Kier alpha value is -1.97. The lowest BCUT2D eigenvalue weighted by molar-refractivity contribution is 0.0961. The minimum absolute atomic E-state index is 0.104. The number of oxazole rings is 1. The van der Waals surface area contributed by atoms with Crippen molar-refractivity contribution in [3.05, 3.63) is 48.4 Å². The molecule has 106 valence electrons. The summed E-state index contributed by atoms with van der Waals surface area (Å²) in [6.07, 6.45) is 0.110. The van der Waals surface area contributed by atoms with Gasteiger partial charge in [-0.25, -0.2) is 4.98 Å². The molecular formula is C16H21N3O. The van der Waals surface area contributed by atoms with Gasteiger partial charge >= 0.3 is 0 Å². The second-order valence-electron chi connectivity index (χ2n) is 5.79. The zero-order valence-corrected chi connectivity index (χ0v) is 12.6. The average molecular weight is 271 g/mol. The average Bonchev–Trinajstić information content (AvgIpc) is 2.79. The highest BCUT2D eigenvalue weighted by molar-refractivity contribution is 5.65. The number of hydrogen-bond donors (Lipinski definition) is 0. The molecule has 0 radical (unpaired) electrons. The first-order valence-electron chi connectivity index (χ1n) is 6.84. The molecule has 0 spiro atoms. The van der Waals surface area contributed by atoms with Crippen molar-refractivity contribution >= 4 is 5.70 Å². The van der Waals surface area contributed by atoms with Crippen molar-refractivity contribution in [2.75, 3.05) is 14.1 Å². The van der Waals surface area contributed by atoms with Gasteiger partial charge in [-0.3, -0.25) is 0 Å². The van der Waals surface area contributed by atoms with E-state index in [1.165, 1.54) is 0 Å². The molecule has 0 saturated carbocycles. The van der Waals surface area contributed by atoms with Gasteiger partial charge in [-0.15, -0.1) is 0 Å². The zero-order chi connectivity index (χ0) is 14.8. The van der Waals surface area contributed by atoms with E-state index >= 15 is 0 Å². The van der Waals surface area contributed by atoms with Crippen LogP contribution in [0.1, 0.15) is 30.2 Å². The molecule has 20 heavy (non-hydrogen) atoms. The monoisotopic (exact) mass is 271 g/mol. The molecule has 0 aromatic carbocycles. The van der Waals surface area contributed by atoms with Gasteiger partial charge in [-0.2, -0.15) is 0 Å². The van der Waals surface area contributed by atoms with Crippen molar-refractivity contribution in [3.8, 4) is 0 Å². The Morgan fingerprint density at radius 2 is 1.80 bits per heavy atom. The number of rotatable bonds is 0. The zero-order valence-electron chi connectivity index (χ0n) is 12.6. The molecule has 3 unspecified atom stereocenters. The highest BCUT2D eigenvalue weighted by atomic mass is 16.4. The summed E-state index contributed by atoms with van der Waals surface area (Å²) in [5.41, 5.74) is 3.96. The molecule has 2 aliphatic rings. The van der Waals surface area contributed by atoms with Crippen molar-refractivity contribution in [2.45, 2.75) is 25.9 Å². The van der Waals surface area contributed by atoms with Crippen LogP contribution < -0.4 is 0 Å². The summed E-state index contributed by atoms with van der Waals surface area (Å²) < 4.78 is 5.88. The highest BCUT2D eigenvalue weighted by Crippen LogP contribution is 2.49. The van der Waals surface area contributed by atoms with Gasteiger partial charge in [0.15, 0.2) is 5.89 Å². The fourth-order valence-electron chi connectivity index (χ4n) is 3.35. The van der Waals surface area contributed by atoms with Crippen LogP contribution in [0.5, 0.6) is 0 Å². The van der Waals surface area contributed by atoms with Crippen LogP contribution in [0, 0.1) is 12.8 Å². The number of likely N-dealkylation sites (N-methyl/N-ethyl adjacent to an activating group) is 2. The summed E-state index contributed by atoms with van der Waals surface area (Å²) in [4.78, 5) is 8.84. The molecule has 1 fully saturated rings. The Bertz CT molecular complexity index is 628. The molecule has 1 aromatic heterocycles. The van der Waals surface area contributed by atoms with E-state index in [1.807, 2.05) is 14.0 Å². The molecule has 1 saturated heterocycles. The summed E-state index contributed by atoms with van der Waals surface area (Å²) in [5.74, 6) is 1.91. The van der Waals surface area contributed by atoms with Gasteiger partial charge in [0, 0.05) is 32.6 Å². The second-order valence-corrected chi connectivity index (χ2v) is 5.79. The maximum absolute atomic E-state index is 5.88. The van der Waals surface area contributed by atoms with E-state index in [0.29, 0.717) is 5.89 Å². The topological polar surface area (TPSA) is 32.5 Å². The van der Waals surface area contributed by atoms with Gasteiger partial charge in [0.2, 0.25) is 0 Å². The Balaban J connectivity index is 2.21. The number of allylic oxidation sites excluding steroid dienone is 1. The predicted molar refractivity (Wildman–Crippen MR) is 79.8 cm³/mol. The summed E-state index contributed by atoms with van der Waals surface area (Å²) in [6.45, 7) is 16.7. The summed E-state index contributed by atoms with van der Waals surface area (Å²) in [6, 6.07) is 0. The van der Waals surface area contributed by atoms with Crippen molar-refractivity contribution in [1.29, 1.82) is 0 Å². The number of nitrogens with zero attached hydrogens (tertiary/aromatic N) is 3. The van der Waals surface area contributed by atoms with Gasteiger partial charge in [0.1, 0.15) is 17.6 Å². The van der Waals surface area contributed by atoms with Crippen molar-refractivity contribution in [2.24, 2.45) is 5.92 Å². The van der Waals surface area contributed by atoms with Crippen LogP contribution in [0.15, 0.2) is 35.4 Å².